The van der Waals surface area contributed by atoms with Crippen LogP contribution in [0.1, 0.15) is 38.8 Å². The zero-order valence-corrected chi connectivity index (χ0v) is 13.5. The fourth-order valence-corrected chi connectivity index (χ4v) is 2.53. The monoisotopic (exact) mass is 329 g/mol. The lowest BCUT2D eigenvalue weighted by molar-refractivity contribution is 0.601. The lowest BCUT2D eigenvalue weighted by atomic mass is 10.1. The second-order valence-corrected chi connectivity index (χ2v) is 8.04. The molecule has 0 aliphatic heterocycles. The first kappa shape index (κ1) is 15.6. The summed E-state index contributed by atoms with van der Waals surface area (Å²) in [5.41, 5.74) is 1.12. The molecule has 1 rings (SSSR count). The highest BCUT2D eigenvalue weighted by molar-refractivity contribution is 9.10. The van der Waals surface area contributed by atoms with Crippen molar-refractivity contribution in [1.82, 2.24) is 4.72 Å². The molecule has 0 heterocycles. The zero-order valence-electron chi connectivity index (χ0n) is 11.1. The average Bonchev–Trinajstić information content (AvgIpc) is 2.28. The zero-order chi connectivity index (χ0) is 13.8. The number of halogens is 1. The number of benzene rings is 1. The molecule has 18 heavy (non-hydrogen) atoms. The van der Waals surface area contributed by atoms with Gasteiger partial charge in [0.15, 0.2) is 0 Å². The average molecular weight is 330 g/mol. The van der Waals surface area contributed by atoms with Gasteiger partial charge < -0.3 is 0 Å². The van der Waals surface area contributed by atoms with E-state index in [1.165, 1.54) is 0 Å². The highest BCUT2D eigenvalue weighted by atomic mass is 79.9. The Morgan fingerprint density at radius 3 is 2.39 bits per heavy atom. The van der Waals surface area contributed by atoms with Crippen molar-refractivity contribution < 1.29 is 4.21 Å². The molecule has 100 valence electrons. The van der Waals surface area contributed by atoms with Crippen molar-refractivity contribution in [2.75, 3.05) is 0 Å². The van der Waals surface area contributed by atoms with Crippen molar-refractivity contribution in [3.63, 3.8) is 0 Å². The molecule has 2 unspecified atom stereocenters. The predicted molar refractivity (Wildman–Crippen MR) is 82.7 cm³/mol. The van der Waals surface area contributed by atoms with Crippen molar-refractivity contribution >= 4 is 26.9 Å². The van der Waals surface area contributed by atoms with Gasteiger partial charge in [0, 0.05) is 10.5 Å². The first-order valence-corrected chi connectivity index (χ1v) is 7.83. The van der Waals surface area contributed by atoms with Gasteiger partial charge in [-0.1, -0.05) is 34.1 Å². The normalized spacial score (nSPS) is 15.1. The summed E-state index contributed by atoms with van der Waals surface area (Å²) in [5.74, 6) is 0. The molecule has 0 radical (unpaired) electrons. The topological polar surface area (TPSA) is 29.1 Å². The lowest BCUT2D eigenvalue weighted by Gasteiger charge is -2.24. The van der Waals surface area contributed by atoms with Crippen molar-refractivity contribution in [2.24, 2.45) is 0 Å². The molecule has 0 saturated heterocycles. The van der Waals surface area contributed by atoms with Gasteiger partial charge in [-0.05, 0) is 44.9 Å². The summed E-state index contributed by atoms with van der Waals surface area (Å²) in [6, 6.07) is 8.09. The first-order chi connectivity index (χ1) is 8.34. The molecular formula is C14H20BrNOS. The van der Waals surface area contributed by atoms with Gasteiger partial charge in [-0.15, -0.1) is 6.58 Å². The Kier molecular flexibility index (Phi) is 5.76. The van der Waals surface area contributed by atoms with Crippen molar-refractivity contribution in [2.45, 2.75) is 38.0 Å². The van der Waals surface area contributed by atoms with E-state index in [1.807, 2.05) is 51.1 Å². The summed E-state index contributed by atoms with van der Waals surface area (Å²) >= 11 is 3.42. The number of rotatable bonds is 5. The molecule has 0 saturated carbocycles. The van der Waals surface area contributed by atoms with E-state index in [2.05, 4.69) is 27.2 Å². The molecule has 0 fully saturated rings. The van der Waals surface area contributed by atoms with E-state index < -0.39 is 11.0 Å². The Labute approximate surface area is 121 Å². The molecule has 1 aromatic rings. The summed E-state index contributed by atoms with van der Waals surface area (Å²) in [7, 11) is -1.08. The third-order valence-corrected chi connectivity index (χ3v) is 4.62. The Morgan fingerprint density at radius 1 is 1.39 bits per heavy atom. The van der Waals surface area contributed by atoms with Gasteiger partial charge in [-0.3, -0.25) is 0 Å². The molecule has 0 bridgehead atoms. The molecule has 2 nitrogen and oxygen atoms in total. The summed E-state index contributed by atoms with van der Waals surface area (Å²) < 4.78 is 16.1. The van der Waals surface area contributed by atoms with E-state index in [0.29, 0.717) is 0 Å². The molecule has 4 heteroatoms. The van der Waals surface area contributed by atoms with E-state index in [9.17, 15) is 4.21 Å². The van der Waals surface area contributed by atoms with Crippen LogP contribution in [0.4, 0.5) is 0 Å². The van der Waals surface area contributed by atoms with E-state index in [1.54, 1.807) is 0 Å². The van der Waals surface area contributed by atoms with Crippen LogP contribution in [-0.2, 0) is 11.0 Å². The SMILES string of the molecule is C=CCC(NS(=O)C(C)(C)C)c1ccc(Br)cc1. The van der Waals surface area contributed by atoms with Crippen LogP contribution < -0.4 is 4.72 Å². The van der Waals surface area contributed by atoms with Crippen LogP contribution in [0.2, 0.25) is 0 Å². The third kappa shape index (κ3) is 4.67. The maximum atomic E-state index is 12.1. The van der Waals surface area contributed by atoms with Crippen molar-refractivity contribution in [3.8, 4) is 0 Å². The summed E-state index contributed by atoms with van der Waals surface area (Å²) in [6.07, 6.45) is 2.60. The van der Waals surface area contributed by atoms with E-state index >= 15 is 0 Å². The first-order valence-electron chi connectivity index (χ1n) is 5.89. The van der Waals surface area contributed by atoms with Gasteiger partial charge in [0.1, 0.15) is 0 Å². The van der Waals surface area contributed by atoms with Gasteiger partial charge in [0.05, 0.1) is 15.7 Å². The van der Waals surface area contributed by atoms with Crippen LogP contribution in [0.5, 0.6) is 0 Å². The second-order valence-electron chi connectivity index (χ2n) is 5.13. The molecule has 0 spiro atoms. The molecule has 1 aromatic carbocycles. The highest BCUT2D eigenvalue weighted by Gasteiger charge is 2.22. The standard InChI is InChI=1S/C14H20BrNOS/c1-5-6-13(16-18(17)14(2,3)4)11-7-9-12(15)10-8-11/h5,7-10,13,16H,1,6H2,2-4H3. The fraction of sp³-hybridized carbons (Fsp3) is 0.429. The van der Waals surface area contributed by atoms with Crippen LogP contribution in [0.15, 0.2) is 41.4 Å². The summed E-state index contributed by atoms with van der Waals surface area (Å²) in [6.45, 7) is 9.65. The number of nitrogens with one attached hydrogen (secondary N) is 1. The fourth-order valence-electron chi connectivity index (χ4n) is 1.42. The minimum absolute atomic E-state index is 0.0376. The quantitative estimate of drug-likeness (QED) is 0.809. The molecule has 2 atom stereocenters. The molecule has 1 N–H and O–H groups in total. The largest absolute Gasteiger partial charge is 0.242 e. The van der Waals surface area contributed by atoms with Crippen molar-refractivity contribution in [3.05, 3.63) is 47.0 Å². The molecule has 0 aliphatic rings. The molecule has 0 amide bonds. The third-order valence-electron chi connectivity index (χ3n) is 2.48. The predicted octanol–water partition coefficient (Wildman–Crippen LogP) is 4.12. The Morgan fingerprint density at radius 2 is 1.94 bits per heavy atom. The van der Waals surface area contributed by atoms with Crippen molar-refractivity contribution in [1.29, 1.82) is 0 Å². The Hall–Kier alpha value is -0.450. The Bertz CT molecular complexity index is 422. The molecule has 0 aromatic heterocycles. The lowest BCUT2D eigenvalue weighted by Crippen LogP contribution is -2.35. The van der Waals surface area contributed by atoms with Crippen LogP contribution in [0.3, 0.4) is 0 Å². The summed E-state index contributed by atoms with van der Waals surface area (Å²) in [4.78, 5) is 0. The van der Waals surface area contributed by atoms with Crippen LogP contribution in [0.25, 0.3) is 0 Å². The number of hydrogen-bond acceptors (Lipinski definition) is 1. The minimum atomic E-state index is -1.08. The van der Waals surface area contributed by atoms with E-state index in [0.717, 1.165) is 16.5 Å². The highest BCUT2D eigenvalue weighted by Crippen LogP contribution is 2.22. The minimum Gasteiger partial charge on any atom is -0.242 e. The van der Waals surface area contributed by atoms with Crippen LogP contribution in [-0.4, -0.2) is 8.96 Å². The van der Waals surface area contributed by atoms with Gasteiger partial charge in [-0.25, -0.2) is 8.93 Å². The van der Waals surface area contributed by atoms with Crippen LogP contribution >= 0.6 is 15.9 Å². The van der Waals surface area contributed by atoms with Gasteiger partial charge in [0.25, 0.3) is 0 Å². The number of hydrogen-bond donors (Lipinski definition) is 1. The summed E-state index contributed by atoms with van der Waals surface area (Å²) in [5, 5.41) is 0. The van der Waals surface area contributed by atoms with E-state index in [4.69, 9.17) is 0 Å². The molecular weight excluding hydrogens is 310 g/mol. The molecule has 0 aliphatic carbocycles. The second kappa shape index (κ2) is 6.64. The van der Waals surface area contributed by atoms with Gasteiger partial charge in [-0.2, -0.15) is 0 Å². The maximum Gasteiger partial charge on any atom is 0.0976 e. The van der Waals surface area contributed by atoms with Crippen LogP contribution in [0, 0.1) is 0 Å². The van der Waals surface area contributed by atoms with Gasteiger partial charge in [0.2, 0.25) is 0 Å². The smallest absolute Gasteiger partial charge is 0.0976 e. The Balaban J connectivity index is 2.86. The maximum absolute atomic E-state index is 12.1. The van der Waals surface area contributed by atoms with E-state index in [-0.39, 0.29) is 10.8 Å². The van der Waals surface area contributed by atoms with Gasteiger partial charge >= 0.3 is 0 Å².